The Kier molecular flexibility index (Phi) is 7.03. The second-order valence-electron chi connectivity index (χ2n) is 7.11. The molecule has 0 spiro atoms. The topological polar surface area (TPSA) is 70.7 Å². The number of benzene rings is 2. The Morgan fingerprint density at radius 1 is 1.11 bits per heavy atom. The van der Waals surface area contributed by atoms with Crippen molar-refractivity contribution in [3.63, 3.8) is 0 Å². The number of amides is 3. The lowest BCUT2D eigenvalue weighted by Gasteiger charge is -2.21. The summed E-state index contributed by atoms with van der Waals surface area (Å²) in [6, 6.07) is 16.8. The molecule has 0 aliphatic carbocycles. The molecule has 2 aromatic rings. The first kappa shape index (κ1) is 19.9. The SMILES string of the molecule is CN(C[C@@H]1CCOC1)C(=O)Nc1ccc(C(=O)NCCc2ccccc2)cc1. The summed E-state index contributed by atoms with van der Waals surface area (Å²) in [5, 5.41) is 5.78. The molecule has 3 rings (SSSR count). The van der Waals surface area contributed by atoms with Crippen LogP contribution in [0.1, 0.15) is 22.3 Å². The van der Waals surface area contributed by atoms with Crippen molar-refractivity contribution in [1.82, 2.24) is 10.2 Å². The Labute approximate surface area is 165 Å². The maximum Gasteiger partial charge on any atom is 0.321 e. The zero-order valence-corrected chi connectivity index (χ0v) is 16.2. The van der Waals surface area contributed by atoms with Gasteiger partial charge in [0.25, 0.3) is 5.91 Å². The van der Waals surface area contributed by atoms with Gasteiger partial charge in [-0.2, -0.15) is 0 Å². The lowest BCUT2D eigenvalue weighted by Crippen LogP contribution is -2.35. The van der Waals surface area contributed by atoms with Gasteiger partial charge in [-0.25, -0.2) is 4.79 Å². The molecule has 1 saturated heterocycles. The largest absolute Gasteiger partial charge is 0.381 e. The molecule has 28 heavy (non-hydrogen) atoms. The van der Waals surface area contributed by atoms with Crippen molar-refractivity contribution in [2.24, 2.45) is 5.92 Å². The molecule has 6 heteroatoms. The van der Waals surface area contributed by atoms with E-state index in [0.29, 0.717) is 36.9 Å². The molecule has 2 N–H and O–H groups in total. The Morgan fingerprint density at radius 3 is 2.54 bits per heavy atom. The van der Waals surface area contributed by atoms with E-state index in [1.54, 1.807) is 36.2 Å². The summed E-state index contributed by atoms with van der Waals surface area (Å²) < 4.78 is 5.35. The fourth-order valence-corrected chi connectivity index (χ4v) is 3.19. The molecular weight excluding hydrogens is 354 g/mol. The smallest absolute Gasteiger partial charge is 0.321 e. The third-order valence-electron chi connectivity index (χ3n) is 4.84. The number of ether oxygens (including phenoxy) is 1. The molecule has 3 amide bonds. The number of carbonyl (C=O) groups excluding carboxylic acids is 2. The molecule has 1 fully saturated rings. The summed E-state index contributed by atoms with van der Waals surface area (Å²) in [7, 11) is 1.78. The number of urea groups is 1. The van der Waals surface area contributed by atoms with Crippen LogP contribution in [-0.2, 0) is 11.2 Å². The number of nitrogens with zero attached hydrogens (tertiary/aromatic N) is 1. The fourth-order valence-electron chi connectivity index (χ4n) is 3.19. The number of rotatable bonds is 7. The van der Waals surface area contributed by atoms with Crippen molar-refractivity contribution < 1.29 is 14.3 Å². The molecule has 1 atom stereocenters. The van der Waals surface area contributed by atoms with Gasteiger partial charge in [0.05, 0.1) is 6.61 Å². The molecular formula is C22H27N3O3. The van der Waals surface area contributed by atoms with E-state index in [-0.39, 0.29) is 11.9 Å². The molecule has 1 heterocycles. The molecule has 148 valence electrons. The Morgan fingerprint density at radius 2 is 1.86 bits per heavy atom. The predicted octanol–water partition coefficient (Wildman–Crippen LogP) is 3.16. The van der Waals surface area contributed by atoms with Crippen LogP contribution in [0, 0.1) is 5.92 Å². The van der Waals surface area contributed by atoms with Gasteiger partial charge in [0.15, 0.2) is 0 Å². The van der Waals surface area contributed by atoms with E-state index < -0.39 is 0 Å². The van der Waals surface area contributed by atoms with E-state index >= 15 is 0 Å². The molecule has 1 aliphatic heterocycles. The Bertz CT molecular complexity index is 771. The van der Waals surface area contributed by atoms with Crippen molar-refractivity contribution in [2.75, 3.05) is 38.7 Å². The van der Waals surface area contributed by atoms with Crippen molar-refractivity contribution >= 4 is 17.6 Å². The van der Waals surface area contributed by atoms with Crippen LogP contribution in [0.15, 0.2) is 54.6 Å². The highest BCUT2D eigenvalue weighted by molar-refractivity contribution is 5.95. The summed E-state index contributed by atoms with van der Waals surface area (Å²) in [5.41, 5.74) is 2.43. The van der Waals surface area contributed by atoms with Crippen molar-refractivity contribution in [3.05, 3.63) is 65.7 Å². The first-order chi connectivity index (χ1) is 13.6. The molecule has 0 saturated carbocycles. The van der Waals surface area contributed by atoms with Gasteiger partial charge in [-0.05, 0) is 42.7 Å². The average molecular weight is 381 g/mol. The summed E-state index contributed by atoms with van der Waals surface area (Å²) in [5.74, 6) is 0.282. The Hall–Kier alpha value is -2.86. The maximum absolute atomic E-state index is 12.3. The van der Waals surface area contributed by atoms with Crippen LogP contribution in [0.3, 0.4) is 0 Å². The van der Waals surface area contributed by atoms with Crippen molar-refractivity contribution in [3.8, 4) is 0 Å². The molecule has 1 aliphatic rings. The number of carbonyl (C=O) groups is 2. The van der Waals surface area contributed by atoms with Gasteiger partial charge in [-0.1, -0.05) is 30.3 Å². The second-order valence-corrected chi connectivity index (χ2v) is 7.11. The van der Waals surface area contributed by atoms with Crippen LogP contribution >= 0.6 is 0 Å². The first-order valence-corrected chi connectivity index (χ1v) is 9.64. The van der Waals surface area contributed by atoms with Crippen LogP contribution in [0.5, 0.6) is 0 Å². The fraction of sp³-hybridized carbons (Fsp3) is 0.364. The van der Waals surface area contributed by atoms with Crippen LogP contribution in [-0.4, -0.2) is 50.2 Å². The lowest BCUT2D eigenvalue weighted by molar-refractivity contribution is 0.0954. The summed E-state index contributed by atoms with van der Waals surface area (Å²) in [6.07, 6.45) is 1.78. The predicted molar refractivity (Wildman–Crippen MR) is 109 cm³/mol. The van der Waals surface area contributed by atoms with E-state index in [9.17, 15) is 9.59 Å². The van der Waals surface area contributed by atoms with Gasteiger partial charge < -0.3 is 20.3 Å². The normalized spacial score (nSPS) is 15.8. The van der Waals surface area contributed by atoms with E-state index in [4.69, 9.17) is 4.74 Å². The molecule has 0 unspecified atom stereocenters. The van der Waals surface area contributed by atoms with Crippen molar-refractivity contribution in [1.29, 1.82) is 0 Å². The zero-order chi connectivity index (χ0) is 19.8. The number of anilines is 1. The van der Waals surface area contributed by atoms with Crippen LogP contribution in [0.4, 0.5) is 10.5 Å². The quantitative estimate of drug-likeness (QED) is 0.774. The molecule has 0 radical (unpaired) electrons. The lowest BCUT2D eigenvalue weighted by atomic mass is 10.1. The number of nitrogens with one attached hydrogen (secondary N) is 2. The van der Waals surface area contributed by atoms with Gasteiger partial charge >= 0.3 is 6.03 Å². The number of hydrogen-bond donors (Lipinski definition) is 2. The van der Waals surface area contributed by atoms with Crippen LogP contribution in [0.2, 0.25) is 0 Å². The first-order valence-electron chi connectivity index (χ1n) is 9.64. The molecule has 6 nitrogen and oxygen atoms in total. The second kappa shape index (κ2) is 9.90. The van der Waals surface area contributed by atoms with E-state index in [1.165, 1.54) is 5.56 Å². The molecule has 2 aromatic carbocycles. The van der Waals surface area contributed by atoms with E-state index in [1.807, 2.05) is 30.3 Å². The van der Waals surface area contributed by atoms with Crippen LogP contribution < -0.4 is 10.6 Å². The highest BCUT2D eigenvalue weighted by atomic mass is 16.5. The van der Waals surface area contributed by atoms with Gasteiger partial charge in [0.1, 0.15) is 0 Å². The van der Waals surface area contributed by atoms with Gasteiger partial charge in [0, 0.05) is 43.9 Å². The molecule has 0 aromatic heterocycles. The Balaban J connectivity index is 1.44. The summed E-state index contributed by atoms with van der Waals surface area (Å²) in [4.78, 5) is 26.2. The monoisotopic (exact) mass is 381 g/mol. The van der Waals surface area contributed by atoms with E-state index in [2.05, 4.69) is 10.6 Å². The van der Waals surface area contributed by atoms with Crippen LogP contribution in [0.25, 0.3) is 0 Å². The summed E-state index contributed by atoms with van der Waals surface area (Å²) >= 11 is 0. The highest BCUT2D eigenvalue weighted by Gasteiger charge is 2.20. The number of hydrogen-bond acceptors (Lipinski definition) is 3. The summed E-state index contributed by atoms with van der Waals surface area (Å²) in [6.45, 7) is 2.74. The third-order valence-corrected chi connectivity index (χ3v) is 4.84. The minimum Gasteiger partial charge on any atom is -0.381 e. The third kappa shape index (κ3) is 5.82. The maximum atomic E-state index is 12.3. The highest BCUT2D eigenvalue weighted by Crippen LogP contribution is 2.15. The van der Waals surface area contributed by atoms with Gasteiger partial charge in [-0.3, -0.25) is 4.79 Å². The molecule has 0 bridgehead atoms. The van der Waals surface area contributed by atoms with Gasteiger partial charge in [-0.15, -0.1) is 0 Å². The zero-order valence-electron chi connectivity index (χ0n) is 16.2. The average Bonchev–Trinajstić information content (AvgIpc) is 3.22. The standard InChI is InChI=1S/C22H27N3O3/c1-25(15-18-12-14-28-16-18)22(27)24-20-9-7-19(8-10-20)21(26)23-13-11-17-5-3-2-4-6-17/h2-10,18H,11-16H2,1H3,(H,23,26)(H,24,27)/t18-/m0/s1. The van der Waals surface area contributed by atoms with Crippen molar-refractivity contribution in [2.45, 2.75) is 12.8 Å². The minimum absolute atomic E-state index is 0.118. The van der Waals surface area contributed by atoms with Gasteiger partial charge in [0.2, 0.25) is 0 Å². The minimum atomic E-state index is -0.160. The van der Waals surface area contributed by atoms with E-state index in [0.717, 1.165) is 19.4 Å².